The molecule has 2 aromatic rings. The molecular formula is C16H15BrF3N. The summed E-state index contributed by atoms with van der Waals surface area (Å²) < 4.78 is 41.8. The van der Waals surface area contributed by atoms with Crippen LogP contribution in [0.3, 0.4) is 0 Å². The molecule has 0 bridgehead atoms. The maximum absolute atomic E-state index is 13.9. The van der Waals surface area contributed by atoms with Gasteiger partial charge < -0.3 is 5.32 Å². The molecule has 0 radical (unpaired) electrons. The summed E-state index contributed by atoms with van der Waals surface area (Å²) in [5.74, 6) is -2.64. The third-order valence-corrected chi connectivity index (χ3v) is 3.72. The van der Waals surface area contributed by atoms with Crippen LogP contribution in [0.5, 0.6) is 0 Å². The lowest BCUT2D eigenvalue weighted by Crippen LogP contribution is -2.25. The number of hydrogen-bond acceptors (Lipinski definition) is 1. The minimum absolute atomic E-state index is 0.124. The second-order valence-electron chi connectivity index (χ2n) is 4.72. The van der Waals surface area contributed by atoms with Gasteiger partial charge in [-0.1, -0.05) is 35.0 Å². The number of rotatable bonds is 5. The molecule has 0 spiro atoms. The predicted molar refractivity (Wildman–Crippen MR) is 80.6 cm³/mol. The highest BCUT2D eigenvalue weighted by atomic mass is 79.9. The van der Waals surface area contributed by atoms with Gasteiger partial charge in [-0.05, 0) is 30.7 Å². The topological polar surface area (TPSA) is 12.0 Å². The quantitative estimate of drug-likeness (QED) is 0.813. The van der Waals surface area contributed by atoms with Crippen LogP contribution >= 0.6 is 15.9 Å². The Bertz CT molecular complexity index is 590. The summed E-state index contributed by atoms with van der Waals surface area (Å²) in [6, 6.07) is 8.39. The second-order valence-corrected chi connectivity index (χ2v) is 5.64. The SMILES string of the molecule is CCNC(Cc1ccc(Br)cc1)c1c(F)cc(F)cc1F. The van der Waals surface area contributed by atoms with E-state index in [1.54, 1.807) is 0 Å². The Morgan fingerprint density at radius 2 is 1.62 bits per heavy atom. The van der Waals surface area contributed by atoms with Crippen molar-refractivity contribution in [3.05, 3.63) is 69.4 Å². The van der Waals surface area contributed by atoms with Crippen LogP contribution in [0.2, 0.25) is 0 Å². The lowest BCUT2D eigenvalue weighted by Gasteiger charge is -2.20. The van der Waals surface area contributed by atoms with Crippen LogP contribution in [0.25, 0.3) is 0 Å². The molecule has 1 N–H and O–H groups in total. The van der Waals surface area contributed by atoms with Gasteiger partial charge in [0.15, 0.2) is 0 Å². The molecule has 0 saturated carbocycles. The fourth-order valence-corrected chi connectivity index (χ4v) is 2.53. The van der Waals surface area contributed by atoms with E-state index in [2.05, 4.69) is 21.2 Å². The largest absolute Gasteiger partial charge is 0.310 e. The van der Waals surface area contributed by atoms with Crippen molar-refractivity contribution in [1.29, 1.82) is 0 Å². The van der Waals surface area contributed by atoms with Crippen molar-refractivity contribution >= 4 is 15.9 Å². The van der Waals surface area contributed by atoms with Crippen LogP contribution in [0, 0.1) is 17.5 Å². The highest BCUT2D eigenvalue weighted by Gasteiger charge is 2.21. The monoisotopic (exact) mass is 357 g/mol. The van der Waals surface area contributed by atoms with Crippen LogP contribution in [-0.2, 0) is 6.42 Å². The fraction of sp³-hybridized carbons (Fsp3) is 0.250. The fourth-order valence-electron chi connectivity index (χ4n) is 2.27. The molecule has 112 valence electrons. The van der Waals surface area contributed by atoms with E-state index in [9.17, 15) is 13.2 Å². The van der Waals surface area contributed by atoms with Crippen LogP contribution in [0.4, 0.5) is 13.2 Å². The molecule has 0 amide bonds. The summed E-state index contributed by atoms with van der Waals surface area (Å²) in [6.07, 6.45) is 0.417. The van der Waals surface area contributed by atoms with Gasteiger partial charge in [-0.15, -0.1) is 0 Å². The summed E-state index contributed by atoms with van der Waals surface area (Å²) in [4.78, 5) is 0. The van der Waals surface area contributed by atoms with E-state index < -0.39 is 23.5 Å². The normalized spacial score (nSPS) is 12.4. The third kappa shape index (κ3) is 4.08. The molecule has 0 saturated heterocycles. The molecule has 0 fully saturated rings. The van der Waals surface area contributed by atoms with Gasteiger partial charge in [0.1, 0.15) is 17.5 Å². The molecule has 0 heterocycles. The Kier molecular flexibility index (Phi) is 5.42. The van der Waals surface area contributed by atoms with Crippen LogP contribution in [0.1, 0.15) is 24.1 Å². The zero-order valence-corrected chi connectivity index (χ0v) is 13.1. The summed E-state index contributed by atoms with van der Waals surface area (Å²) in [6.45, 7) is 2.41. The first-order chi connectivity index (χ1) is 10.0. The van der Waals surface area contributed by atoms with E-state index in [1.807, 2.05) is 31.2 Å². The molecule has 0 aliphatic rings. The molecule has 0 aliphatic heterocycles. The first kappa shape index (κ1) is 16.0. The Labute approximate surface area is 130 Å². The maximum Gasteiger partial charge on any atom is 0.133 e. The van der Waals surface area contributed by atoms with Crippen LogP contribution in [-0.4, -0.2) is 6.54 Å². The van der Waals surface area contributed by atoms with Crippen molar-refractivity contribution in [2.75, 3.05) is 6.54 Å². The number of likely N-dealkylation sites (N-methyl/N-ethyl adjacent to an activating group) is 1. The molecular weight excluding hydrogens is 343 g/mol. The molecule has 21 heavy (non-hydrogen) atoms. The molecule has 2 aromatic carbocycles. The minimum atomic E-state index is -0.910. The van der Waals surface area contributed by atoms with Gasteiger partial charge in [-0.2, -0.15) is 0 Å². The van der Waals surface area contributed by atoms with Crippen molar-refractivity contribution < 1.29 is 13.2 Å². The van der Waals surface area contributed by atoms with Gasteiger partial charge in [-0.25, -0.2) is 13.2 Å². The number of nitrogens with one attached hydrogen (secondary N) is 1. The van der Waals surface area contributed by atoms with Gasteiger partial charge in [-0.3, -0.25) is 0 Å². The molecule has 0 aromatic heterocycles. The molecule has 1 nitrogen and oxygen atoms in total. The van der Waals surface area contributed by atoms with E-state index >= 15 is 0 Å². The first-order valence-electron chi connectivity index (χ1n) is 6.63. The van der Waals surface area contributed by atoms with Crippen molar-refractivity contribution in [2.45, 2.75) is 19.4 Å². The van der Waals surface area contributed by atoms with Crippen molar-refractivity contribution in [1.82, 2.24) is 5.32 Å². The highest BCUT2D eigenvalue weighted by Crippen LogP contribution is 2.25. The molecule has 5 heteroatoms. The lowest BCUT2D eigenvalue weighted by atomic mass is 9.97. The Morgan fingerprint density at radius 3 is 2.14 bits per heavy atom. The summed E-state index contributed by atoms with van der Waals surface area (Å²) >= 11 is 3.34. The Balaban J connectivity index is 2.33. The molecule has 1 unspecified atom stereocenters. The van der Waals surface area contributed by atoms with Crippen LogP contribution in [0.15, 0.2) is 40.9 Å². The van der Waals surface area contributed by atoms with E-state index in [-0.39, 0.29) is 5.56 Å². The van der Waals surface area contributed by atoms with Gasteiger partial charge in [0, 0.05) is 28.2 Å². The molecule has 1 atom stereocenters. The zero-order valence-electron chi connectivity index (χ0n) is 11.5. The molecule has 0 aliphatic carbocycles. The average Bonchev–Trinajstić information content (AvgIpc) is 2.40. The summed E-state index contributed by atoms with van der Waals surface area (Å²) in [5, 5.41) is 3.05. The van der Waals surface area contributed by atoms with Crippen molar-refractivity contribution in [2.24, 2.45) is 0 Å². The summed E-state index contributed by atoms with van der Waals surface area (Å²) in [7, 11) is 0. The van der Waals surface area contributed by atoms with Gasteiger partial charge in [0.25, 0.3) is 0 Å². The standard InChI is InChI=1S/C16H15BrF3N/c1-2-21-15(7-10-3-5-11(17)6-4-10)16-13(19)8-12(18)9-14(16)20/h3-6,8-9,15,21H,2,7H2,1H3. The Hall–Kier alpha value is -1.33. The average molecular weight is 358 g/mol. The van der Waals surface area contributed by atoms with Gasteiger partial charge in [0.2, 0.25) is 0 Å². The number of hydrogen-bond donors (Lipinski definition) is 1. The Morgan fingerprint density at radius 1 is 1.05 bits per heavy atom. The highest BCUT2D eigenvalue weighted by molar-refractivity contribution is 9.10. The predicted octanol–water partition coefficient (Wildman–Crippen LogP) is 4.76. The van der Waals surface area contributed by atoms with E-state index in [0.29, 0.717) is 25.1 Å². The van der Waals surface area contributed by atoms with Gasteiger partial charge in [0.05, 0.1) is 0 Å². The van der Waals surface area contributed by atoms with E-state index in [0.717, 1.165) is 10.0 Å². The van der Waals surface area contributed by atoms with Crippen molar-refractivity contribution in [3.8, 4) is 0 Å². The zero-order chi connectivity index (χ0) is 15.4. The second kappa shape index (κ2) is 7.09. The minimum Gasteiger partial charge on any atom is -0.310 e. The lowest BCUT2D eigenvalue weighted by molar-refractivity contribution is 0.462. The molecule has 2 rings (SSSR count). The summed E-state index contributed by atoms with van der Waals surface area (Å²) in [5.41, 5.74) is 0.813. The van der Waals surface area contributed by atoms with E-state index in [4.69, 9.17) is 0 Å². The van der Waals surface area contributed by atoms with Gasteiger partial charge >= 0.3 is 0 Å². The smallest absolute Gasteiger partial charge is 0.133 e. The maximum atomic E-state index is 13.9. The van der Waals surface area contributed by atoms with E-state index in [1.165, 1.54) is 0 Å². The number of benzene rings is 2. The van der Waals surface area contributed by atoms with Crippen molar-refractivity contribution in [3.63, 3.8) is 0 Å². The number of halogens is 4. The first-order valence-corrected chi connectivity index (χ1v) is 7.42. The van der Waals surface area contributed by atoms with Crippen LogP contribution < -0.4 is 5.32 Å². The third-order valence-electron chi connectivity index (χ3n) is 3.20.